The number of rotatable bonds is 2. The summed E-state index contributed by atoms with van der Waals surface area (Å²) in [5.74, 6) is 0.321. The molecule has 0 spiro atoms. The van der Waals surface area contributed by atoms with E-state index in [9.17, 15) is 0 Å². The van der Waals surface area contributed by atoms with Crippen molar-refractivity contribution < 1.29 is 0 Å². The molecule has 0 aliphatic heterocycles. The first-order chi connectivity index (χ1) is 14.3. The minimum absolute atomic E-state index is 0.00593. The van der Waals surface area contributed by atoms with Crippen LogP contribution in [0.25, 0.3) is 28.0 Å². The third-order valence-corrected chi connectivity index (χ3v) is 5.10. The van der Waals surface area contributed by atoms with Gasteiger partial charge in [-0.25, -0.2) is 19.9 Å². The summed E-state index contributed by atoms with van der Waals surface area (Å²) < 4.78 is 0. The maximum Gasteiger partial charge on any atom is 0.232 e. The van der Waals surface area contributed by atoms with E-state index in [4.69, 9.17) is 10.5 Å². The van der Waals surface area contributed by atoms with Crippen LogP contribution in [-0.4, -0.2) is 19.9 Å². The SMILES string of the molecule is N#Cc1ncc(-c2ccc3cccc4c3c2C=CC4c2cnc(C#N)nc2)cn1. The zero-order chi connectivity index (χ0) is 19.8. The van der Waals surface area contributed by atoms with Crippen molar-refractivity contribution in [1.29, 1.82) is 10.5 Å². The molecular formula is C23H12N6. The number of hydrogen-bond acceptors (Lipinski definition) is 6. The molecule has 2 aromatic heterocycles. The van der Waals surface area contributed by atoms with Crippen molar-refractivity contribution >= 4 is 16.8 Å². The Morgan fingerprint density at radius 2 is 1.48 bits per heavy atom. The molecule has 0 amide bonds. The number of hydrogen-bond donors (Lipinski definition) is 0. The van der Waals surface area contributed by atoms with E-state index >= 15 is 0 Å². The molecule has 0 saturated heterocycles. The Kier molecular flexibility index (Phi) is 3.83. The Balaban J connectivity index is 1.69. The molecule has 0 bridgehead atoms. The molecule has 1 atom stereocenters. The van der Waals surface area contributed by atoms with Crippen molar-refractivity contribution in [3.8, 4) is 23.3 Å². The lowest BCUT2D eigenvalue weighted by molar-refractivity contribution is 0.972. The Labute approximate surface area is 166 Å². The van der Waals surface area contributed by atoms with Crippen LogP contribution in [0.3, 0.4) is 0 Å². The standard InChI is InChI=1S/C23H12N6/c24-8-21-26-10-15(11-27-21)17-5-4-14-2-1-3-19-18(6-7-20(17)23(14)19)16-12-28-22(9-25)29-13-16/h1-7,10-13,18H. The molecule has 0 fully saturated rings. The van der Waals surface area contributed by atoms with Gasteiger partial charge in [0.05, 0.1) is 0 Å². The van der Waals surface area contributed by atoms with Gasteiger partial charge in [0.1, 0.15) is 12.1 Å². The average molecular weight is 372 g/mol. The fourth-order valence-corrected chi connectivity index (χ4v) is 3.79. The lowest BCUT2D eigenvalue weighted by Crippen LogP contribution is -2.06. The molecule has 134 valence electrons. The maximum absolute atomic E-state index is 8.95. The van der Waals surface area contributed by atoms with Gasteiger partial charge in [0, 0.05) is 41.8 Å². The zero-order valence-corrected chi connectivity index (χ0v) is 15.1. The highest BCUT2D eigenvalue weighted by atomic mass is 14.9. The minimum atomic E-state index is 0.00593. The van der Waals surface area contributed by atoms with Crippen molar-refractivity contribution in [2.45, 2.75) is 5.92 Å². The van der Waals surface area contributed by atoms with Gasteiger partial charge in [0.15, 0.2) is 0 Å². The molecule has 1 unspecified atom stereocenters. The predicted octanol–water partition coefficient (Wildman–Crippen LogP) is 3.99. The minimum Gasteiger partial charge on any atom is -0.227 e. The number of benzene rings is 2. The van der Waals surface area contributed by atoms with Crippen molar-refractivity contribution in [3.63, 3.8) is 0 Å². The van der Waals surface area contributed by atoms with Gasteiger partial charge in [-0.15, -0.1) is 0 Å². The first kappa shape index (κ1) is 16.7. The number of allylic oxidation sites excluding steroid dienone is 1. The van der Waals surface area contributed by atoms with Crippen molar-refractivity contribution in [3.05, 3.63) is 89.5 Å². The lowest BCUT2D eigenvalue weighted by Gasteiger charge is -2.23. The molecule has 5 rings (SSSR count). The van der Waals surface area contributed by atoms with E-state index in [1.807, 2.05) is 18.2 Å². The number of nitriles is 2. The van der Waals surface area contributed by atoms with Crippen molar-refractivity contribution in [2.24, 2.45) is 0 Å². The first-order valence-corrected chi connectivity index (χ1v) is 8.97. The van der Waals surface area contributed by atoms with E-state index in [1.165, 1.54) is 0 Å². The van der Waals surface area contributed by atoms with Gasteiger partial charge in [-0.05, 0) is 27.5 Å². The molecule has 6 heteroatoms. The Morgan fingerprint density at radius 1 is 0.793 bits per heavy atom. The Hall–Kier alpha value is -4.42. The molecule has 0 radical (unpaired) electrons. The van der Waals surface area contributed by atoms with Gasteiger partial charge < -0.3 is 0 Å². The quantitative estimate of drug-likeness (QED) is 0.527. The molecule has 1 aliphatic rings. The van der Waals surface area contributed by atoms with E-state index in [0.29, 0.717) is 0 Å². The molecule has 0 saturated carbocycles. The summed E-state index contributed by atoms with van der Waals surface area (Å²) in [6.45, 7) is 0. The summed E-state index contributed by atoms with van der Waals surface area (Å²) in [7, 11) is 0. The van der Waals surface area contributed by atoms with Gasteiger partial charge in [-0.2, -0.15) is 10.5 Å². The van der Waals surface area contributed by atoms with Gasteiger partial charge in [0.2, 0.25) is 11.6 Å². The van der Waals surface area contributed by atoms with Crippen LogP contribution in [0.4, 0.5) is 0 Å². The second-order valence-electron chi connectivity index (χ2n) is 6.67. The van der Waals surface area contributed by atoms with E-state index in [2.05, 4.69) is 56.4 Å². The van der Waals surface area contributed by atoms with E-state index in [0.717, 1.165) is 38.6 Å². The van der Waals surface area contributed by atoms with Gasteiger partial charge in [-0.1, -0.05) is 42.5 Å². The Bertz CT molecular complexity index is 1360. The highest BCUT2D eigenvalue weighted by molar-refractivity contribution is 6.01. The van der Waals surface area contributed by atoms with Crippen LogP contribution >= 0.6 is 0 Å². The van der Waals surface area contributed by atoms with Gasteiger partial charge in [-0.3, -0.25) is 0 Å². The molecule has 2 heterocycles. The average Bonchev–Trinajstić information content (AvgIpc) is 2.80. The molecule has 29 heavy (non-hydrogen) atoms. The maximum atomic E-state index is 8.95. The normalized spacial score (nSPS) is 14.3. The topological polar surface area (TPSA) is 99.1 Å². The molecule has 1 aliphatic carbocycles. The van der Waals surface area contributed by atoms with E-state index in [1.54, 1.807) is 24.8 Å². The van der Waals surface area contributed by atoms with Crippen LogP contribution in [0.15, 0.2) is 61.2 Å². The highest BCUT2D eigenvalue weighted by Crippen LogP contribution is 2.41. The van der Waals surface area contributed by atoms with Crippen molar-refractivity contribution in [2.75, 3.05) is 0 Å². The van der Waals surface area contributed by atoms with Crippen LogP contribution in [0.2, 0.25) is 0 Å². The third kappa shape index (κ3) is 2.72. The fraction of sp³-hybridized carbons (Fsp3) is 0.0435. The molecule has 0 N–H and O–H groups in total. The molecule has 6 nitrogen and oxygen atoms in total. The fourth-order valence-electron chi connectivity index (χ4n) is 3.79. The van der Waals surface area contributed by atoms with Crippen LogP contribution in [0.1, 0.15) is 34.3 Å². The highest BCUT2D eigenvalue weighted by Gasteiger charge is 2.22. The number of nitrogens with zero attached hydrogens (tertiary/aromatic N) is 6. The predicted molar refractivity (Wildman–Crippen MR) is 107 cm³/mol. The molecule has 4 aromatic rings. The largest absolute Gasteiger partial charge is 0.232 e. The second-order valence-corrected chi connectivity index (χ2v) is 6.67. The zero-order valence-electron chi connectivity index (χ0n) is 15.1. The summed E-state index contributed by atoms with van der Waals surface area (Å²) in [6.07, 6.45) is 11.0. The monoisotopic (exact) mass is 372 g/mol. The summed E-state index contributed by atoms with van der Waals surface area (Å²) >= 11 is 0. The number of aromatic nitrogens is 4. The summed E-state index contributed by atoms with van der Waals surface area (Å²) in [5, 5.41) is 20.2. The third-order valence-electron chi connectivity index (χ3n) is 5.10. The van der Waals surface area contributed by atoms with Gasteiger partial charge in [0.25, 0.3) is 0 Å². The Morgan fingerprint density at radius 3 is 2.17 bits per heavy atom. The summed E-state index contributed by atoms with van der Waals surface area (Å²) in [6, 6.07) is 14.3. The van der Waals surface area contributed by atoms with Crippen LogP contribution in [-0.2, 0) is 0 Å². The lowest BCUT2D eigenvalue weighted by atomic mass is 9.81. The second kappa shape index (κ2) is 6.63. The summed E-state index contributed by atoms with van der Waals surface area (Å²) in [4.78, 5) is 16.5. The van der Waals surface area contributed by atoms with E-state index < -0.39 is 0 Å². The van der Waals surface area contributed by atoms with E-state index in [-0.39, 0.29) is 17.6 Å². The van der Waals surface area contributed by atoms with Gasteiger partial charge >= 0.3 is 0 Å². The first-order valence-electron chi connectivity index (χ1n) is 8.97. The molecular weight excluding hydrogens is 360 g/mol. The van der Waals surface area contributed by atoms with Crippen LogP contribution in [0.5, 0.6) is 0 Å². The smallest absolute Gasteiger partial charge is 0.227 e. The molecule has 2 aromatic carbocycles. The van der Waals surface area contributed by atoms with Crippen molar-refractivity contribution in [1.82, 2.24) is 19.9 Å². The summed E-state index contributed by atoms with van der Waals surface area (Å²) in [5.41, 5.74) is 5.06. The van der Waals surface area contributed by atoms with Crippen LogP contribution in [0, 0.1) is 22.7 Å². The van der Waals surface area contributed by atoms with Crippen LogP contribution < -0.4 is 0 Å².